The third kappa shape index (κ3) is 4.81. The van der Waals surface area contributed by atoms with Gasteiger partial charge in [0.15, 0.2) is 0 Å². The predicted octanol–water partition coefficient (Wildman–Crippen LogP) is 1.96. The molecular weight excluding hydrogens is 290 g/mol. The number of rotatable bonds is 6. The molecule has 1 atom stereocenters. The van der Waals surface area contributed by atoms with Crippen molar-refractivity contribution >= 4 is 27.6 Å². The number of carbonyl (C=O) groups excluding carboxylic acids is 1. The fraction of sp³-hybridized carbons (Fsp3) is 0.417. The number of nitrogens with one attached hydrogen (secondary N) is 1. The van der Waals surface area contributed by atoms with E-state index in [9.17, 15) is 13.2 Å². The molecule has 0 heterocycles. The van der Waals surface area contributed by atoms with Gasteiger partial charge < -0.3 is 4.74 Å². The number of hydrogen-bond donors (Lipinski definition) is 1. The molecule has 0 fully saturated rings. The summed E-state index contributed by atoms with van der Waals surface area (Å²) >= 11 is 5.71. The largest absolute Gasteiger partial charge is 0.469 e. The van der Waals surface area contributed by atoms with Crippen LogP contribution in [0.1, 0.15) is 19.8 Å². The second-order valence-corrected chi connectivity index (χ2v) is 6.11. The van der Waals surface area contributed by atoms with Crippen LogP contribution in [0.25, 0.3) is 0 Å². The van der Waals surface area contributed by atoms with Crippen molar-refractivity contribution in [3.05, 3.63) is 29.3 Å². The van der Waals surface area contributed by atoms with Gasteiger partial charge in [0, 0.05) is 11.1 Å². The molecule has 0 aliphatic carbocycles. The minimum absolute atomic E-state index is 0.000179. The minimum Gasteiger partial charge on any atom is -0.469 e. The number of halogens is 1. The van der Waals surface area contributed by atoms with Gasteiger partial charge >= 0.3 is 5.97 Å². The molecule has 7 heteroatoms. The van der Waals surface area contributed by atoms with Crippen molar-refractivity contribution in [1.82, 2.24) is 4.72 Å². The van der Waals surface area contributed by atoms with Crippen LogP contribution in [0.3, 0.4) is 0 Å². The maximum Gasteiger partial charge on any atom is 0.307 e. The smallest absolute Gasteiger partial charge is 0.307 e. The SMILES string of the molecule is CCC(CC(=O)OC)NS(=O)(=O)c1ccc(Cl)cc1. The number of ether oxygens (including phenoxy) is 1. The molecular formula is C12H16ClNO4S. The van der Waals surface area contributed by atoms with Gasteiger partial charge in [-0.15, -0.1) is 0 Å². The first-order chi connectivity index (χ1) is 8.89. The number of hydrogen-bond acceptors (Lipinski definition) is 4. The highest BCUT2D eigenvalue weighted by atomic mass is 35.5. The van der Waals surface area contributed by atoms with Gasteiger partial charge in [0.05, 0.1) is 18.4 Å². The molecule has 1 aromatic carbocycles. The van der Waals surface area contributed by atoms with Gasteiger partial charge in [0.25, 0.3) is 0 Å². The Kier molecular flexibility index (Phi) is 5.78. The molecule has 1 unspecified atom stereocenters. The van der Waals surface area contributed by atoms with Crippen LogP contribution in [0, 0.1) is 0 Å². The van der Waals surface area contributed by atoms with Crippen molar-refractivity contribution in [1.29, 1.82) is 0 Å². The summed E-state index contributed by atoms with van der Waals surface area (Å²) in [5.74, 6) is -0.453. The van der Waals surface area contributed by atoms with E-state index >= 15 is 0 Å². The third-order valence-corrected chi connectivity index (χ3v) is 4.37. The zero-order valence-corrected chi connectivity index (χ0v) is 12.3. The Morgan fingerprint density at radius 2 is 1.95 bits per heavy atom. The highest BCUT2D eigenvalue weighted by molar-refractivity contribution is 7.89. The Hall–Kier alpha value is -1.11. The molecule has 0 saturated heterocycles. The van der Waals surface area contributed by atoms with Crippen LogP contribution in [0.5, 0.6) is 0 Å². The summed E-state index contributed by atoms with van der Waals surface area (Å²) in [4.78, 5) is 11.3. The number of esters is 1. The lowest BCUT2D eigenvalue weighted by Gasteiger charge is -2.15. The van der Waals surface area contributed by atoms with E-state index in [4.69, 9.17) is 11.6 Å². The second kappa shape index (κ2) is 6.88. The molecule has 5 nitrogen and oxygen atoms in total. The molecule has 1 N–H and O–H groups in total. The van der Waals surface area contributed by atoms with Crippen LogP contribution in [0.4, 0.5) is 0 Å². The van der Waals surface area contributed by atoms with Crippen LogP contribution in [-0.2, 0) is 19.6 Å². The van der Waals surface area contributed by atoms with E-state index in [1.807, 2.05) is 0 Å². The van der Waals surface area contributed by atoms with Crippen LogP contribution in [0.15, 0.2) is 29.2 Å². The van der Waals surface area contributed by atoms with E-state index in [2.05, 4.69) is 9.46 Å². The van der Waals surface area contributed by atoms with E-state index in [1.54, 1.807) is 6.92 Å². The number of benzene rings is 1. The summed E-state index contributed by atoms with van der Waals surface area (Å²) in [6.45, 7) is 1.79. The van der Waals surface area contributed by atoms with Crippen molar-refractivity contribution in [3.8, 4) is 0 Å². The number of carbonyl (C=O) groups is 1. The maximum atomic E-state index is 12.1. The summed E-state index contributed by atoms with van der Waals surface area (Å²) < 4.78 is 31.2. The number of methoxy groups -OCH3 is 1. The Morgan fingerprint density at radius 3 is 2.42 bits per heavy atom. The zero-order valence-electron chi connectivity index (χ0n) is 10.7. The standard InChI is InChI=1S/C12H16ClNO4S/c1-3-10(8-12(15)18-2)14-19(16,17)11-6-4-9(13)5-7-11/h4-7,10,14H,3,8H2,1-2H3. The van der Waals surface area contributed by atoms with E-state index in [-0.39, 0.29) is 11.3 Å². The Bertz CT molecular complexity index is 527. The summed E-state index contributed by atoms with van der Waals surface area (Å²) in [5, 5.41) is 0.459. The summed E-state index contributed by atoms with van der Waals surface area (Å²) in [6, 6.07) is 5.33. The monoisotopic (exact) mass is 305 g/mol. The van der Waals surface area contributed by atoms with Gasteiger partial charge in [-0.2, -0.15) is 0 Å². The summed E-state index contributed by atoms with van der Waals surface area (Å²) in [5.41, 5.74) is 0. The summed E-state index contributed by atoms with van der Waals surface area (Å²) in [7, 11) is -2.39. The normalized spacial score (nSPS) is 13.0. The molecule has 0 bridgehead atoms. The summed E-state index contributed by atoms with van der Waals surface area (Å²) in [6.07, 6.45) is 0.488. The first-order valence-corrected chi connectivity index (χ1v) is 7.60. The van der Waals surface area contributed by atoms with Crippen LogP contribution < -0.4 is 4.72 Å². The predicted molar refractivity (Wildman–Crippen MR) is 72.5 cm³/mol. The van der Waals surface area contributed by atoms with Gasteiger partial charge in [-0.1, -0.05) is 18.5 Å². The Labute approximate surface area is 118 Å². The van der Waals surface area contributed by atoms with E-state index in [0.29, 0.717) is 11.4 Å². The molecule has 0 aromatic heterocycles. The molecule has 1 aromatic rings. The van der Waals surface area contributed by atoms with E-state index < -0.39 is 22.0 Å². The zero-order chi connectivity index (χ0) is 14.5. The highest BCUT2D eigenvalue weighted by Gasteiger charge is 2.21. The van der Waals surface area contributed by atoms with Crippen LogP contribution in [-0.4, -0.2) is 27.5 Å². The fourth-order valence-corrected chi connectivity index (χ4v) is 2.90. The van der Waals surface area contributed by atoms with Crippen molar-refractivity contribution in [2.24, 2.45) is 0 Å². The molecule has 1 rings (SSSR count). The fourth-order valence-electron chi connectivity index (χ4n) is 1.46. The average molecular weight is 306 g/mol. The van der Waals surface area contributed by atoms with Gasteiger partial charge in [-0.25, -0.2) is 13.1 Å². The molecule has 19 heavy (non-hydrogen) atoms. The van der Waals surface area contributed by atoms with Gasteiger partial charge in [-0.3, -0.25) is 4.79 Å². The average Bonchev–Trinajstić information content (AvgIpc) is 2.38. The van der Waals surface area contributed by atoms with Crippen LogP contribution >= 0.6 is 11.6 Å². The van der Waals surface area contributed by atoms with Gasteiger partial charge in [0.2, 0.25) is 10.0 Å². The molecule has 0 spiro atoms. The van der Waals surface area contributed by atoms with Crippen molar-refractivity contribution in [2.75, 3.05) is 7.11 Å². The van der Waals surface area contributed by atoms with E-state index in [0.717, 1.165) is 0 Å². The van der Waals surface area contributed by atoms with Gasteiger partial charge in [-0.05, 0) is 30.7 Å². The van der Waals surface area contributed by atoms with Crippen molar-refractivity contribution < 1.29 is 17.9 Å². The van der Waals surface area contributed by atoms with Crippen LogP contribution in [0.2, 0.25) is 5.02 Å². The maximum absolute atomic E-state index is 12.1. The molecule has 0 radical (unpaired) electrons. The quantitative estimate of drug-likeness (QED) is 0.815. The molecule has 0 saturated carbocycles. The minimum atomic E-state index is -3.66. The van der Waals surface area contributed by atoms with Gasteiger partial charge in [0.1, 0.15) is 0 Å². The lowest BCUT2D eigenvalue weighted by Crippen LogP contribution is -2.36. The molecule has 0 amide bonds. The lowest BCUT2D eigenvalue weighted by molar-refractivity contribution is -0.141. The van der Waals surface area contributed by atoms with Crippen molar-refractivity contribution in [3.63, 3.8) is 0 Å². The molecule has 0 aliphatic rings. The Balaban J connectivity index is 2.83. The molecule has 106 valence electrons. The molecule has 0 aliphatic heterocycles. The first-order valence-electron chi connectivity index (χ1n) is 5.73. The Morgan fingerprint density at radius 1 is 1.37 bits per heavy atom. The second-order valence-electron chi connectivity index (χ2n) is 3.96. The van der Waals surface area contributed by atoms with E-state index in [1.165, 1.54) is 31.4 Å². The first kappa shape index (κ1) is 15.9. The number of sulfonamides is 1. The topological polar surface area (TPSA) is 72.5 Å². The lowest BCUT2D eigenvalue weighted by atomic mass is 10.2. The highest BCUT2D eigenvalue weighted by Crippen LogP contribution is 2.15. The third-order valence-electron chi connectivity index (χ3n) is 2.58. The van der Waals surface area contributed by atoms with Crippen molar-refractivity contribution in [2.45, 2.75) is 30.7 Å².